The molecule has 0 saturated carbocycles. The minimum atomic E-state index is -0.217. The summed E-state index contributed by atoms with van der Waals surface area (Å²) < 4.78 is 5.55. The van der Waals surface area contributed by atoms with Crippen molar-refractivity contribution in [1.82, 2.24) is 0 Å². The smallest absolute Gasteiger partial charge is 0.265 e. The topological polar surface area (TPSA) is 58.6 Å². The minimum Gasteiger partial charge on any atom is -0.482 e. The average molecular weight is 407 g/mol. The highest BCUT2D eigenvalue weighted by Crippen LogP contribution is 2.36. The Morgan fingerprint density at radius 1 is 1.10 bits per heavy atom. The fourth-order valence-corrected chi connectivity index (χ4v) is 3.35. The minimum absolute atomic E-state index is 0.0352. The first-order valence-corrected chi connectivity index (χ1v) is 9.58. The average Bonchev–Trinajstić information content (AvgIpc) is 2.72. The summed E-state index contributed by atoms with van der Waals surface area (Å²) in [6.07, 6.45) is 0. The normalized spacial score (nSPS) is 12.9. The predicted molar refractivity (Wildman–Crippen MR) is 114 cm³/mol. The number of hydrogen-bond acceptors (Lipinski definition) is 3. The molecule has 0 saturated heterocycles. The SMILES string of the molecule is Cc1ccc(C(=O)Nc2ccc3c(c2)N(Cc2ccccc2Cl)C(=O)CO3)cc1. The molecule has 0 unspecified atom stereocenters. The van der Waals surface area contributed by atoms with Gasteiger partial charge in [0.15, 0.2) is 6.61 Å². The number of amides is 2. The zero-order valence-corrected chi connectivity index (χ0v) is 16.6. The van der Waals surface area contributed by atoms with Crippen LogP contribution in [0.1, 0.15) is 21.5 Å². The molecule has 2 amide bonds. The molecule has 4 rings (SSSR count). The number of halogens is 1. The number of benzene rings is 3. The third-order valence-corrected chi connectivity index (χ3v) is 5.13. The molecule has 29 heavy (non-hydrogen) atoms. The number of nitrogens with zero attached hydrogens (tertiary/aromatic N) is 1. The number of carbonyl (C=O) groups is 2. The van der Waals surface area contributed by atoms with Gasteiger partial charge in [-0.1, -0.05) is 47.5 Å². The summed E-state index contributed by atoms with van der Waals surface area (Å²) in [7, 11) is 0. The fraction of sp³-hybridized carbons (Fsp3) is 0.130. The van der Waals surface area contributed by atoms with Crippen LogP contribution in [-0.4, -0.2) is 18.4 Å². The van der Waals surface area contributed by atoms with Crippen molar-refractivity contribution in [2.75, 3.05) is 16.8 Å². The van der Waals surface area contributed by atoms with Gasteiger partial charge in [0.1, 0.15) is 5.75 Å². The van der Waals surface area contributed by atoms with Crippen molar-refractivity contribution in [2.24, 2.45) is 0 Å². The van der Waals surface area contributed by atoms with E-state index < -0.39 is 0 Å². The van der Waals surface area contributed by atoms with E-state index in [1.165, 1.54) is 0 Å². The standard InChI is InChI=1S/C23H19ClN2O3/c1-15-6-8-16(9-7-15)23(28)25-18-10-11-21-20(12-18)26(22(27)14-29-21)13-17-4-2-3-5-19(17)24/h2-12H,13-14H2,1H3,(H,25,28). The molecule has 0 aliphatic carbocycles. The Morgan fingerprint density at radius 3 is 2.62 bits per heavy atom. The van der Waals surface area contributed by atoms with Crippen molar-refractivity contribution in [1.29, 1.82) is 0 Å². The predicted octanol–water partition coefficient (Wildman–Crippen LogP) is 4.83. The van der Waals surface area contributed by atoms with Gasteiger partial charge in [0.05, 0.1) is 12.2 Å². The molecule has 3 aromatic rings. The van der Waals surface area contributed by atoms with Gasteiger partial charge in [-0.2, -0.15) is 0 Å². The number of hydrogen-bond donors (Lipinski definition) is 1. The molecule has 3 aromatic carbocycles. The molecular formula is C23H19ClN2O3. The summed E-state index contributed by atoms with van der Waals surface area (Å²) in [4.78, 5) is 26.7. The molecule has 1 aliphatic heterocycles. The highest BCUT2D eigenvalue weighted by Gasteiger charge is 2.26. The molecule has 0 atom stereocenters. The van der Waals surface area contributed by atoms with Gasteiger partial charge in [0.2, 0.25) is 0 Å². The Bertz CT molecular complexity index is 1080. The number of ether oxygens (including phenoxy) is 1. The maximum atomic E-state index is 12.5. The number of nitrogens with one attached hydrogen (secondary N) is 1. The van der Waals surface area contributed by atoms with E-state index in [-0.39, 0.29) is 18.4 Å². The molecule has 146 valence electrons. The van der Waals surface area contributed by atoms with Crippen LogP contribution in [0.25, 0.3) is 0 Å². The first-order valence-electron chi connectivity index (χ1n) is 9.20. The Morgan fingerprint density at radius 2 is 1.86 bits per heavy atom. The first kappa shape index (κ1) is 19.0. The highest BCUT2D eigenvalue weighted by atomic mass is 35.5. The summed E-state index contributed by atoms with van der Waals surface area (Å²) in [5.41, 5.74) is 3.67. The van der Waals surface area contributed by atoms with Crippen LogP contribution in [0.5, 0.6) is 5.75 Å². The van der Waals surface area contributed by atoms with Crippen molar-refractivity contribution >= 4 is 34.8 Å². The largest absolute Gasteiger partial charge is 0.482 e. The van der Waals surface area contributed by atoms with Crippen LogP contribution in [0.3, 0.4) is 0 Å². The van der Waals surface area contributed by atoms with Gasteiger partial charge in [-0.25, -0.2) is 0 Å². The van der Waals surface area contributed by atoms with Crippen LogP contribution in [0.4, 0.5) is 11.4 Å². The van der Waals surface area contributed by atoms with Gasteiger partial charge in [0.25, 0.3) is 11.8 Å². The van der Waals surface area contributed by atoms with Gasteiger partial charge < -0.3 is 15.0 Å². The van der Waals surface area contributed by atoms with Gasteiger partial charge in [-0.05, 0) is 48.9 Å². The van der Waals surface area contributed by atoms with E-state index in [1.54, 1.807) is 41.3 Å². The van der Waals surface area contributed by atoms with Crippen molar-refractivity contribution in [3.05, 3.63) is 88.4 Å². The molecule has 5 nitrogen and oxygen atoms in total. The van der Waals surface area contributed by atoms with Gasteiger partial charge in [0, 0.05) is 16.3 Å². The van der Waals surface area contributed by atoms with Crippen LogP contribution < -0.4 is 15.0 Å². The maximum Gasteiger partial charge on any atom is 0.265 e. The molecule has 1 heterocycles. The summed E-state index contributed by atoms with van der Waals surface area (Å²) in [5.74, 6) is 0.204. The summed E-state index contributed by atoms with van der Waals surface area (Å²) >= 11 is 6.27. The third kappa shape index (κ3) is 4.10. The van der Waals surface area contributed by atoms with Crippen LogP contribution in [0.2, 0.25) is 5.02 Å². The second-order valence-electron chi connectivity index (χ2n) is 6.86. The van der Waals surface area contributed by atoms with E-state index in [2.05, 4.69) is 5.32 Å². The quantitative estimate of drug-likeness (QED) is 0.675. The number of carbonyl (C=O) groups excluding carboxylic acids is 2. The Labute approximate surface area is 173 Å². The fourth-order valence-electron chi connectivity index (χ4n) is 3.16. The van der Waals surface area contributed by atoms with Crippen molar-refractivity contribution < 1.29 is 14.3 Å². The third-order valence-electron chi connectivity index (χ3n) is 4.76. The van der Waals surface area contributed by atoms with Crippen LogP contribution in [0.15, 0.2) is 66.7 Å². The lowest BCUT2D eigenvalue weighted by atomic mass is 10.1. The second-order valence-corrected chi connectivity index (χ2v) is 7.27. The van der Waals surface area contributed by atoms with Crippen molar-refractivity contribution in [2.45, 2.75) is 13.5 Å². The van der Waals surface area contributed by atoms with Crippen LogP contribution >= 0.6 is 11.6 Å². The Balaban J connectivity index is 1.61. The molecule has 0 fully saturated rings. The molecular weight excluding hydrogens is 388 g/mol. The zero-order valence-electron chi connectivity index (χ0n) is 15.8. The summed E-state index contributed by atoms with van der Waals surface area (Å²) in [6.45, 7) is 2.26. The van der Waals surface area contributed by atoms with E-state index in [0.29, 0.717) is 34.3 Å². The summed E-state index contributed by atoms with van der Waals surface area (Å²) in [6, 6.07) is 20.0. The van der Waals surface area contributed by atoms with Gasteiger partial charge >= 0.3 is 0 Å². The van der Waals surface area contributed by atoms with Crippen molar-refractivity contribution in [3.8, 4) is 5.75 Å². The molecule has 1 N–H and O–H groups in total. The lowest BCUT2D eigenvalue weighted by Crippen LogP contribution is -2.38. The monoisotopic (exact) mass is 406 g/mol. The van der Waals surface area contributed by atoms with E-state index in [4.69, 9.17) is 16.3 Å². The van der Waals surface area contributed by atoms with Crippen LogP contribution in [-0.2, 0) is 11.3 Å². The highest BCUT2D eigenvalue weighted by molar-refractivity contribution is 6.31. The Kier molecular flexibility index (Phi) is 5.23. The number of fused-ring (bicyclic) bond motifs is 1. The van der Waals surface area contributed by atoms with E-state index in [1.807, 2.05) is 37.3 Å². The number of aryl methyl sites for hydroxylation is 1. The van der Waals surface area contributed by atoms with Crippen LogP contribution in [0, 0.1) is 6.92 Å². The lowest BCUT2D eigenvalue weighted by Gasteiger charge is -2.30. The maximum absolute atomic E-state index is 12.5. The van der Waals surface area contributed by atoms with Gasteiger partial charge in [-0.15, -0.1) is 0 Å². The van der Waals surface area contributed by atoms with Crippen molar-refractivity contribution in [3.63, 3.8) is 0 Å². The second kappa shape index (κ2) is 7.97. The van der Waals surface area contributed by atoms with E-state index in [0.717, 1.165) is 11.1 Å². The zero-order chi connectivity index (χ0) is 20.4. The molecule has 0 aromatic heterocycles. The van der Waals surface area contributed by atoms with Gasteiger partial charge in [-0.3, -0.25) is 9.59 Å². The molecule has 0 spiro atoms. The molecule has 0 radical (unpaired) electrons. The van der Waals surface area contributed by atoms with E-state index >= 15 is 0 Å². The molecule has 6 heteroatoms. The Hall–Kier alpha value is -3.31. The van der Waals surface area contributed by atoms with E-state index in [9.17, 15) is 9.59 Å². The first-order chi connectivity index (χ1) is 14.0. The molecule has 0 bridgehead atoms. The summed E-state index contributed by atoms with van der Waals surface area (Å²) in [5, 5.41) is 3.47. The lowest BCUT2D eigenvalue weighted by molar-refractivity contribution is -0.121. The number of anilines is 2. The molecule has 1 aliphatic rings. The number of rotatable bonds is 4.